The number of ether oxygens (including phenoxy) is 1. The minimum Gasteiger partial charge on any atom is -0.492 e. The summed E-state index contributed by atoms with van der Waals surface area (Å²) in [6.07, 6.45) is 2.62. The van der Waals surface area contributed by atoms with Crippen molar-refractivity contribution in [3.8, 4) is 5.75 Å². The number of urea groups is 1. The van der Waals surface area contributed by atoms with Crippen LogP contribution in [0, 0.1) is 5.92 Å². The highest BCUT2D eigenvalue weighted by molar-refractivity contribution is 6.30. The Morgan fingerprint density at radius 1 is 1.17 bits per heavy atom. The Labute approximate surface area is 140 Å². The third-order valence-corrected chi connectivity index (χ3v) is 4.13. The zero-order valence-electron chi connectivity index (χ0n) is 12.8. The summed E-state index contributed by atoms with van der Waals surface area (Å²) in [5.41, 5.74) is 0. The first-order valence-electron chi connectivity index (χ1n) is 7.70. The van der Waals surface area contributed by atoms with Gasteiger partial charge in [-0.2, -0.15) is 0 Å². The van der Waals surface area contributed by atoms with E-state index in [1.54, 1.807) is 24.3 Å². The van der Waals surface area contributed by atoms with Crippen LogP contribution >= 0.6 is 11.6 Å². The molecule has 1 aromatic carbocycles. The van der Waals surface area contributed by atoms with E-state index in [-0.39, 0.29) is 18.0 Å². The zero-order chi connectivity index (χ0) is 16.7. The quantitative estimate of drug-likeness (QED) is 0.695. The van der Waals surface area contributed by atoms with Gasteiger partial charge in [-0.1, -0.05) is 11.6 Å². The normalized spacial score (nSPS) is 20.6. The Morgan fingerprint density at radius 3 is 2.43 bits per heavy atom. The predicted octanol–water partition coefficient (Wildman–Crippen LogP) is 2.66. The van der Waals surface area contributed by atoms with E-state index < -0.39 is 5.97 Å². The molecule has 0 aromatic heterocycles. The van der Waals surface area contributed by atoms with Gasteiger partial charge in [-0.3, -0.25) is 4.79 Å². The second-order valence-corrected chi connectivity index (χ2v) is 6.03. The van der Waals surface area contributed by atoms with Crippen LogP contribution < -0.4 is 15.4 Å². The average Bonchev–Trinajstić information content (AvgIpc) is 2.54. The molecule has 1 aliphatic carbocycles. The number of amides is 2. The maximum Gasteiger partial charge on any atom is 0.315 e. The third-order valence-electron chi connectivity index (χ3n) is 3.88. The SMILES string of the molecule is O=C(NCCOc1ccc(Cl)cc1)NC1CCC(C(=O)O)CC1. The number of halogens is 1. The molecule has 0 bridgehead atoms. The summed E-state index contributed by atoms with van der Waals surface area (Å²) in [4.78, 5) is 22.6. The van der Waals surface area contributed by atoms with Gasteiger partial charge in [0.1, 0.15) is 12.4 Å². The number of carboxylic acid groups (broad SMARTS) is 1. The topological polar surface area (TPSA) is 87.7 Å². The molecule has 2 amide bonds. The highest BCUT2D eigenvalue weighted by Crippen LogP contribution is 2.24. The molecule has 0 saturated heterocycles. The van der Waals surface area contributed by atoms with E-state index >= 15 is 0 Å². The van der Waals surface area contributed by atoms with E-state index in [0.717, 1.165) is 0 Å². The van der Waals surface area contributed by atoms with E-state index in [0.29, 0.717) is 49.6 Å². The van der Waals surface area contributed by atoms with Crippen LogP contribution in [0.2, 0.25) is 5.02 Å². The number of carbonyl (C=O) groups excluding carboxylic acids is 1. The van der Waals surface area contributed by atoms with Crippen molar-refractivity contribution >= 4 is 23.6 Å². The standard InChI is InChI=1S/C16H21ClN2O4/c17-12-3-7-14(8-4-12)23-10-9-18-16(22)19-13-5-1-11(2-6-13)15(20)21/h3-4,7-8,11,13H,1-2,5-6,9-10H2,(H,20,21)(H2,18,19,22). The first kappa shape index (κ1) is 17.4. The van der Waals surface area contributed by atoms with Gasteiger partial charge >= 0.3 is 12.0 Å². The lowest BCUT2D eigenvalue weighted by Gasteiger charge is -2.26. The monoisotopic (exact) mass is 340 g/mol. The Kier molecular flexibility index (Phi) is 6.52. The van der Waals surface area contributed by atoms with E-state index in [9.17, 15) is 9.59 Å². The van der Waals surface area contributed by atoms with Gasteiger partial charge in [0.05, 0.1) is 12.5 Å². The van der Waals surface area contributed by atoms with Crippen molar-refractivity contribution in [3.63, 3.8) is 0 Å². The van der Waals surface area contributed by atoms with Gasteiger partial charge in [0.25, 0.3) is 0 Å². The van der Waals surface area contributed by atoms with Gasteiger partial charge in [-0.05, 0) is 49.9 Å². The average molecular weight is 341 g/mol. The van der Waals surface area contributed by atoms with Crippen LogP contribution in [0.5, 0.6) is 5.75 Å². The largest absolute Gasteiger partial charge is 0.492 e. The van der Waals surface area contributed by atoms with Crippen molar-refractivity contribution in [2.75, 3.05) is 13.2 Å². The van der Waals surface area contributed by atoms with E-state index in [4.69, 9.17) is 21.4 Å². The van der Waals surface area contributed by atoms with E-state index in [2.05, 4.69) is 10.6 Å². The number of aliphatic carboxylic acids is 1. The number of hydrogen-bond donors (Lipinski definition) is 3. The fourth-order valence-corrected chi connectivity index (χ4v) is 2.71. The minimum absolute atomic E-state index is 0.0442. The summed E-state index contributed by atoms with van der Waals surface area (Å²) in [5.74, 6) is -0.320. The molecule has 0 radical (unpaired) electrons. The molecule has 3 N–H and O–H groups in total. The summed E-state index contributed by atoms with van der Waals surface area (Å²) in [5, 5.41) is 15.2. The number of carbonyl (C=O) groups is 2. The maximum atomic E-state index is 11.8. The third kappa shape index (κ3) is 5.98. The Bertz CT molecular complexity index is 527. The fourth-order valence-electron chi connectivity index (χ4n) is 2.59. The number of hydrogen-bond acceptors (Lipinski definition) is 3. The molecule has 0 spiro atoms. The van der Waals surface area contributed by atoms with Crippen LogP contribution in [-0.4, -0.2) is 36.3 Å². The molecule has 1 aromatic rings. The molecule has 23 heavy (non-hydrogen) atoms. The lowest BCUT2D eigenvalue weighted by Crippen LogP contribution is -2.45. The lowest BCUT2D eigenvalue weighted by molar-refractivity contribution is -0.142. The molecule has 0 unspecified atom stereocenters. The van der Waals surface area contributed by atoms with Crippen LogP contribution in [0.1, 0.15) is 25.7 Å². The summed E-state index contributed by atoms with van der Waals surface area (Å²) >= 11 is 5.78. The first-order valence-corrected chi connectivity index (χ1v) is 8.08. The molecule has 7 heteroatoms. The molecular formula is C16H21ClN2O4. The molecule has 1 aliphatic rings. The molecule has 0 aliphatic heterocycles. The molecule has 0 atom stereocenters. The summed E-state index contributed by atoms with van der Waals surface area (Å²) < 4.78 is 5.48. The number of rotatable bonds is 6. The van der Waals surface area contributed by atoms with Crippen molar-refractivity contribution in [2.24, 2.45) is 5.92 Å². The number of nitrogens with one attached hydrogen (secondary N) is 2. The second kappa shape index (κ2) is 8.62. The van der Waals surface area contributed by atoms with Gasteiger partial charge in [-0.15, -0.1) is 0 Å². The predicted molar refractivity (Wildman–Crippen MR) is 86.9 cm³/mol. The van der Waals surface area contributed by atoms with Crippen molar-refractivity contribution in [3.05, 3.63) is 29.3 Å². The van der Waals surface area contributed by atoms with Gasteiger partial charge < -0.3 is 20.5 Å². The van der Waals surface area contributed by atoms with Crippen molar-refractivity contribution in [1.82, 2.24) is 10.6 Å². The first-order chi connectivity index (χ1) is 11.0. The van der Waals surface area contributed by atoms with Crippen LogP contribution in [0.25, 0.3) is 0 Å². The smallest absolute Gasteiger partial charge is 0.315 e. The summed E-state index contributed by atoms with van der Waals surface area (Å²) in [6.45, 7) is 0.750. The van der Waals surface area contributed by atoms with Crippen molar-refractivity contribution < 1.29 is 19.4 Å². The number of carboxylic acids is 1. The molecule has 126 valence electrons. The van der Waals surface area contributed by atoms with Crippen LogP contribution in [0.4, 0.5) is 4.79 Å². The van der Waals surface area contributed by atoms with Crippen molar-refractivity contribution in [1.29, 1.82) is 0 Å². The minimum atomic E-state index is -0.743. The fraction of sp³-hybridized carbons (Fsp3) is 0.500. The Hall–Kier alpha value is -1.95. The maximum absolute atomic E-state index is 11.8. The molecule has 0 heterocycles. The van der Waals surface area contributed by atoms with Gasteiger partial charge in [0.15, 0.2) is 0 Å². The molecule has 1 saturated carbocycles. The molecule has 6 nitrogen and oxygen atoms in total. The summed E-state index contributed by atoms with van der Waals surface area (Å²) in [6, 6.07) is 6.81. The summed E-state index contributed by atoms with van der Waals surface area (Å²) in [7, 11) is 0. The Balaban J connectivity index is 1.58. The van der Waals surface area contributed by atoms with Crippen molar-refractivity contribution in [2.45, 2.75) is 31.7 Å². The molecular weight excluding hydrogens is 320 g/mol. The zero-order valence-corrected chi connectivity index (χ0v) is 13.5. The van der Waals surface area contributed by atoms with Crippen LogP contribution in [-0.2, 0) is 4.79 Å². The van der Waals surface area contributed by atoms with Gasteiger partial charge in [0, 0.05) is 11.1 Å². The van der Waals surface area contributed by atoms with Crippen LogP contribution in [0.15, 0.2) is 24.3 Å². The molecule has 1 fully saturated rings. The van der Waals surface area contributed by atoms with Crippen LogP contribution in [0.3, 0.4) is 0 Å². The second-order valence-electron chi connectivity index (χ2n) is 5.59. The molecule has 2 rings (SSSR count). The number of benzene rings is 1. The van der Waals surface area contributed by atoms with Gasteiger partial charge in [0.2, 0.25) is 0 Å². The lowest BCUT2D eigenvalue weighted by atomic mass is 9.86. The Morgan fingerprint density at radius 2 is 1.83 bits per heavy atom. The van der Waals surface area contributed by atoms with Gasteiger partial charge in [-0.25, -0.2) is 4.79 Å². The highest BCUT2D eigenvalue weighted by atomic mass is 35.5. The highest BCUT2D eigenvalue weighted by Gasteiger charge is 2.26. The van der Waals surface area contributed by atoms with E-state index in [1.165, 1.54) is 0 Å². The van der Waals surface area contributed by atoms with E-state index in [1.807, 2.05) is 0 Å².